The lowest BCUT2D eigenvalue weighted by molar-refractivity contribution is 0.324. The van der Waals surface area contributed by atoms with Gasteiger partial charge in [0.2, 0.25) is 5.75 Å². The second kappa shape index (κ2) is 6.18. The molecule has 6 nitrogen and oxygen atoms in total. The van der Waals surface area contributed by atoms with Gasteiger partial charge in [0, 0.05) is 24.0 Å². The van der Waals surface area contributed by atoms with Crippen LogP contribution in [0.25, 0.3) is 0 Å². The average Bonchev–Trinajstić information content (AvgIpc) is 3.00. The minimum absolute atomic E-state index is 0.0836. The third kappa shape index (κ3) is 2.79. The highest BCUT2D eigenvalue weighted by atomic mass is 16.5. The van der Waals surface area contributed by atoms with Crippen molar-refractivity contribution in [2.45, 2.75) is 13.0 Å². The van der Waals surface area contributed by atoms with Crippen molar-refractivity contribution < 1.29 is 14.2 Å². The molecule has 0 spiro atoms. The van der Waals surface area contributed by atoms with Gasteiger partial charge in [-0.25, -0.2) is 0 Å². The summed E-state index contributed by atoms with van der Waals surface area (Å²) in [6.07, 6.45) is 1.72. The predicted molar refractivity (Wildman–Crippen MR) is 76.7 cm³/mol. The van der Waals surface area contributed by atoms with E-state index in [9.17, 15) is 0 Å². The quantitative estimate of drug-likeness (QED) is 0.849. The van der Waals surface area contributed by atoms with Crippen LogP contribution in [0.3, 0.4) is 0 Å². The Balaban J connectivity index is 2.28. The van der Waals surface area contributed by atoms with Crippen LogP contribution in [-0.4, -0.2) is 31.5 Å². The summed E-state index contributed by atoms with van der Waals surface area (Å²) < 4.78 is 15.9. The highest BCUT2D eigenvalue weighted by molar-refractivity contribution is 5.63. The van der Waals surface area contributed by atoms with Crippen LogP contribution in [-0.2, 0) is 0 Å². The Morgan fingerprint density at radius 1 is 1.10 bits per heavy atom. The van der Waals surface area contributed by atoms with Crippen molar-refractivity contribution in [3.63, 3.8) is 0 Å². The first kappa shape index (κ1) is 14.0. The molecule has 0 aliphatic heterocycles. The smallest absolute Gasteiger partial charge is 0.203 e. The molecule has 1 aromatic heterocycles. The number of anilines is 1. The highest BCUT2D eigenvalue weighted by Gasteiger charge is 2.15. The van der Waals surface area contributed by atoms with Gasteiger partial charge < -0.3 is 19.5 Å². The zero-order valence-corrected chi connectivity index (χ0v) is 12.1. The number of hydrogen-bond acceptors (Lipinski definition) is 5. The fourth-order valence-corrected chi connectivity index (χ4v) is 2.00. The van der Waals surface area contributed by atoms with Gasteiger partial charge in [0.25, 0.3) is 0 Å². The topological polar surface area (TPSA) is 68.4 Å². The first-order valence-corrected chi connectivity index (χ1v) is 6.25. The molecule has 1 atom stereocenters. The summed E-state index contributed by atoms with van der Waals surface area (Å²) in [5.74, 6) is 1.81. The number of nitrogens with one attached hydrogen (secondary N) is 2. The predicted octanol–water partition coefficient (Wildman–Crippen LogP) is 2.61. The van der Waals surface area contributed by atoms with Crippen LogP contribution < -0.4 is 19.5 Å². The molecule has 1 unspecified atom stereocenters. The summed E-state index contributed by atoms with van der Waals surface area (Å²) in [7, 11) is 4.78. The number of aromatic amines is 1. The average molecular weight is 277 g/mol. The molecule has 0 saturated heterocycles. The summed E-state index contributed by atoms with van der Waals surface area (Å²) in [5.41, 5.74) is 1.88. The molecule has 0 amide bonds. The molecule has 108 valence electrons. The largest absolute Gasteiger partial charge is 0.493 e. The van der Waals surface area contributed by atoms with E-state index in [-0.39, 0.29) is 6.04 Å². The fourth-order valence-electron chi connectivity index (χ4n) is 2.00. The lowest BCUT2D eigenvalue weighted by Crippen LogP contribution is -2.07. The van der Waals surface area contributed by atoms with Crippen molar-refractivity contribution in [2.24, 2.45) is 0 Å². The molecule has 0 aliphatic rings. The molecule has 1 aromatic carbocycles. The maximum atomic E-state index is 5.33. The van der Waals surface area contributed by atoms with Gasteiger partial charge in [0.15, 0.2) is 11.5 Å². The van der Waals surface area contributed by atoms with E-state index >= 15 is 0 Å². The van der Waals surface area contributed by atoms with Crippen LogP contribution in [0.4, 0.5) is 5.69 Å². The summed E-state index contributed by atoms with van der Waals surface area (Å²) in [5, 5.41) is 10.2. The van der Waals surface area contributed by atoms with Gasteiger partial charge in [-0.3, -0.25) is 5.10 Å². The van der Waals surface area contributed by atoms with E-state index in [0.717, 1.165) is 11.4 Å². The number of benzene rings is 1. The van der Waals surface area contributed by atoms with Gasteiger partial charge in [-0.2, -0.15) is 5.10 Å². The molecule has 0 aliphatic carbocycles. The lowest BCUT2D eigenvalue weighted by Gasteiger charge is -2.17. The molecule has 2 N–H and O–H groups in total. The Kier molecular flexibility index (Phi) is 4.34. The van der Waals surface area contributed by atoms with Crippen molar-refractivity contribution in [1.82, 2.24) is 10.2 Å². The van der Waals surface area contributed by atoms with Gasteiger partial charge in [-0.05, 0) is 13.0 Å². The van der Waals surface area contributed by atoms with Gasteiger partial charge in [0.05, 0.1) is 33.1 Å². The summed E-state index contributed by atoms with van der Waals surface area (Å²) in [4.78, 5) is 0. The van der Waals surface area contributed by atoms with Crippen molar-refractivity contribution in [1.29, 1.82) is 0 Å². The third-order valence-electron chi connectivity index (χ3n) is 3.04. The summed E-state index contributed by atoms with van der Waals surface area (Å²) >= 11 is 0. The Labute approximate surface area is 118 Å². The zero-order valence-electron chi connectivity index (χ0n) is 12.1. The zero-order chi connectivity index (χ0) is 14.5. The maximum Gasteiger partial charge on any atom is 0.203 e. The lowest BCUT2D eigenvalue weighted by atomic mass is 10.2. The van der Waals surface area contributed by atoms with E-state index in [2.05, 4.69) is 15.5 Å². The molecular weight excluding hydrogens is 258 g/mol. The number of methoxy groups -OCH3 is 3. The SMILES string of the molecule is COc1cc(NC(C)c2ccn[nH]2)cc(OC)c1OC. The second-order valence-electron chi connectivity index (χ2n) is 4.29. The fraction of sp³-hybridized carbons (Fsp3) is 0.357. The van der Waals surface area contributed by atoms with Crippen LogP contribution in [0, 0.1) is 0 Å². The number of H-pyrrole nitrogens is 1. The monoisotopic (exact) mass is 277 g/mol. The minimum Gasteiger partial charge on any atom is -0.493 e. The molecule has 6 heteroatoms. The van der Waals surface area contributed by atoms with E-state index in [0.29, 0.717) is 17.2 Å². The van der Waals surface area contributed by atoms with E-state index in [1.807, 2.05) is 25.1 Å². The molecule has 0 bridgehead atoms. The molecule has 0 saturated carbocycles. The minimum atomic E-state index is 0.0836. The normalized spacial score (nSPS) is 11.8. The highest BCUT2D eigenvalue weighted by Crippen LogP contribution is 2.40. The molecule has 2 aromatic rings. The van der Waals surface area contributed by atoms with Crippen molar-refractivity contribution in [2.75, 3.05) is 26.6 Å². The molecule has 1 heterocycles. The van der Waals surface area contributed by atoms with E-state index in [1.165, 1.54) is 0 Å². The van der Waals surface area contributed by atoms with Gasteiger partial charge in [0.1, 0.15) is 0 Å². The number of rotatable bonds is 6. The van der Waals surface area contributed by atoms with Gasteiger partial charge in [-0.1, -0.05) is 0 Å². The van der Waals surface area contributed by atoms with Crippen molar-refractivity contribution in [3.05, 3.63) is 30.1 Å². The Bertz CT molecular complexity index is 530. The first-order valence-electron chi connectivity index (χ1n) is 6.25. The summed E-state index contributed by atoms with van der Waals surface area (Å²) in [6, 6.07) is 5.75. The van der Waals surface area contributed by atoms with Crippen LogP contribution in [0.1, 0.15) is 18.7 Å². The first-order chi connectivity index (χ1) is 9.69. The standard InChI is InChI=1S/C14H19N3O3/c1-9(11-5-6-15-17-11)16-10-7-12(18-2)14(20-4)13(8-10)19-3/h5-9,16H,1-4H3,(H,15,17). The van der Waals surface area contributed by atoms with Crippen LogP contribution in [0.5, 0.6) is 17.2 Å². The van der Waals surface area contributed by atoms with E-state index in [4.69, 9.17) is 14.2 Å². The third-order valence-corrected chi connectivity index (χ3v) is 3.04. The van der Waals surface area contributed by atoms with Gasteiger partial charge >= 0.3 is 0 Å². The van der Waals surface area contributed by atoms with Crippen molar-refractivity contribution >= 4 is 5.69 Å². The Morgan fingerprint density at radius 2 is 1.75 bits per heavy atom. The Hall–Kier alpha value is -2.37. The van der Waals surface area contributed by atoms with Gasteiger partial charge in [-0.15, -0.1) is 0 Å². The molecule has 20 heavy (non-hydrogen) atoms. The maximum absolute atomic E-state index is 5.33. The molecular formula is C14H19N3O3. The van der Waals surface area contributed by atoms with Crippen molar-refractivity contribution in [3.8, 4) is 17.2 Å². The second-order valence-corrected chi connectivity index (χ2v) is 4.29. The number of aromatic nitrogens is 2. The van der Waals surface area contributed by atoms with E-state index in [1.54, 1.807) is 27.5 Å². The number of hydrogen-bond donors (Lipinski definition) is 2. The van der Waals surface area contributed by atoms with Crippen LogP contribution in [0.15, 0.2) is 24.4 Å². The molecule has 0 fully saturated rings. The molecule has 0 radical (unpaired) electrons. The number of ether oxygens (including phenoxy) is 3. The van der Waals surface area contributed by atoms with E-state index < -0.39 is 0 Å². The number of nitrogens with zero attached hydrogens (tertiary/aromatic N) is 1. The van der Waals surface area contributed by atoms with Crippen LogP contribution >= 0.6 is 0 Å². The summed E-state index contributed by atoms with van der Waals surface area (Å²) in [6.45, 7) is 2.04. The molecule has 2 rings (SSSR count). The van der Waals surface area contributed by atoms with Crippen LogP contribution in [0.2, 0.25) is 0 Å². The Morgan fingerprint density at radius 3 is 2.20 bits per heavy atom.